The van der Waals surface area contributed by atoms with Crippen molar-refractivity contribution in [2.45, 2.75) is 0 Å². The maximum absolute atomic E-state index is 4.99. The van der Waals surface area contributed by atoms with Gasteiger partial charge in [-0.05, 0) is 0 Å². The van der Waals surface area contributed by atoms with Crippen molar-refractivity contribution in [2.75, 3.05) is 0 Å². The van der Waals surface area contributed by atoms with Crippen LogP contribution in [0.15, 0.2) is 8.98 Å². The molecule has 0 N–H and O–H groups in total. The minimum absolute atomic E-state index is 0. The summed E-state index contributed by atoms with van der Waals surface area (Å²) in [5, 5.41) is 0. The van der Waals surface area contributed by atoms with E-state index in [1.807, 2.05) is 0 Å². The third-order valence-electron chi connectivity index (χ3n) is 0.143. The van der Waals surface area contributed by atoms with Gasteiger partial charge in [-0.15, -0.1) is 0 Å². The van der Waals surface area contributed by atoms with Crippen LogP contribution in [0.3, 0.4) is 0 Å². The Bertz CT molecular complexity index is 59.8. The Labute approximate surface area is 81.9 Å². The van der Waals surface area contributed by atoms with E-state index in [-0.39, 0.29) is 36.3 Å². The first-order chi connectivity index (χ1) is 2.64. The van der Waals surface area contributed by atoms with Gasteiger partial charge in [-0.2, -0.15) is 0 Å². The Morgan fingerprint density at radius 3 is 0.857 bits per heavy atom. The molecule has 0 unspecified atom stereocenters. The van der Waals surface area contributed by atoms with Gasteiger partial charge in [0, 0.05) is 0 Å². The van der Waals surface area contributed by atoms with Crippen LogP contribution in [0.5, 0.6) is 0 Å². The molecule has 0 atom stereocenters. The molecule has 0 amide bonds. The average molecular weight is 375 g/mol. The van der Waals surface area contributed by atoms with Crippen molar-refractivity contribution in [2.24, 2.45) is 0 Å². The van der Waals surface area contributed by atoms with Crippen LogP contribution >= 0.6 is 46.4 Å². The van der Waals surface area contributed by atoms with Crippen LogP contribution in [0, 0.1) is 0 Å². The molecule has 0 aromatic carbocycles. The predicted octanol–water partition coefficient (Wildman–Crippen LogP) is 2.15. The second-order valence-corrected chi connectivity index (χ2v) is 2.42. The van der Waals surface area contributed by atoms with Crippen molar-refractivity contribution in [1.29, 1.82) is 0 Å². The van der Waals surface area contributed by atoms with Gasteiger partial charge in [0.15, 0.2) is 0 Å². The number of hydrogen-bond donors (Lipinski definition) is 0. The normalized spacial score (nSPS) is 6.86. The summed E-state index contributed by atoms with van der Waals surface area (Å²) in [6.07, 6.45) is 0. The molecular weight excluding hydrogens is 373 g/mol. The Morgan fingerprint density at radius 2 is 0.857 bits per heavy atom. The van der Waals surface area contributed by atoms with Crippen molar-refractivity contribution in [3.63, 3.8) is 0 Å². The van der Waals surface area contributed by atoms with Crippen LogP contribution in [0.4, 0.5) is 0 Å². The monoisotopic (exact) mass is 374 g/mol. The summed E-state index contributed by atoms with van der Waals surface area (Å²) in [7, 11) is 0. The number of rotatable bonds is 0. The topological polar surface area (TPSA) is 0 Å². The molecule has 2 radical (unpaired) electrons. The molecule has 0 rings (SSSR count). The molecule has 0 aromatic heterocycles. The number of halogens is 4. The van der Waals surface area contributed by atoms with Crippen LogP contribution in [0.25, 0.3) is 0 Å². The molecule has 0 heterocycles. The molecule has 0 saturated carbocycles. The first kappa shape index (κ1) is 11.6. The van der Waals surface area contributed by atoms with E-state index >= 15 is 0 Å². The Kier molecular flexibility index (Phi) is 9.86. The molecule has 0 spiro atoms. The minimum atomic E-state index is -0.0988. The van der Waals surface area contributed by atoms with Crippen LogP contribution in [0.2, 0.25) is 0 Å². The van der Waals surface area contributed by atoms with Crippen LogP contribution in [0.1, 0.15) is 0 Å². The third kappa shape index (κ3) is 7.82. The standard InChI is InChI=1S/C2Cl4.Pb.2H/c3-1(4)2(5)6;;;. The van der Waals surface area contributed by atoms with E-state index in [2.05, 4.69) is 0 Å². The first-order valence-corrected chi connectivity index (χ1v) is 2.52. The van der Waals surface area contributed by atoms with Gasteiger partial charge in [-0.25, -0.2) is 0 Å². The fourth-order valence-electron chi connectivity index (χ4n) is 0. The first-order valence-electron chi connectivity index (χ1n) is 1.01. The summed E-state index contributed by atoms with van der Waals surface area (Å²) in [4.78, 5) is 0. The molecular formula is C2H2Cl4Pb. The van der Waals surface area contributed by atoms with Gasteiger partial charge in [0.05, 0.1) is 0 Å². The maximum atomic E-state index is 4.99. The third-order valence-corrected chi connectivity index (χ3v) is 1.29. The van der Waals surface area contributed by atoms with Gasteiger partial charge in [-0.1, -0.05) is 46.4 Å². The van der Waals surface area contributed by atoms with E-state index in [0.29, 0.717) is 0 Å². The van der Waals surface area contributed by atoms with Crippen molar-refractivity contribution < 1.29 is 0 Å². The van der Waals surface area contributed by atoms with Crippen LogP contribution < -0.4 is 0 Å². The molecule has 0 aliphatic carbocycles. The molecule has 0 aromatic rings. The predicted molar refractivity (Wildman–Crippen MR) is 39.0 cm³/mol. The van der Waals surface area contributed by atoms with Crippen molar-refractivity contribution in [1.82, 2.24) is 0 Å². The van der Waals surface area contributed by atoms with Crippen LogP contribution in [-0.2, 0) is 0 Å². The summed E-state index contributed by atoms with van der Waals surface area (Å²) in [6.45, 7) is 0. The summed E-state index contributed by atoms with van der Waals surface area (Å²) >= 11 is 20.0. The van der Waals surface area contributed by atoms with E-state index in [9.17, 15) is 0 Å². The molecule has 0 saturated heterocycles. The molecule has 0 aliphatic rings. The van der Waals surface area contributed by atoms with Gasteiger partial charge in [-0.3, -0.25) is 0 Å². The molecule has 0 nitrogen and oxygen atoms in total. The Hall–Kier alpha value is 1.82. The SMILES string of the molecule is ClC(Cl)=C(Cl)Cl.[PbH2]. The molecule has 42 valence electrons. The quantitative estimate of drug-likeness (QED) is 0.570. The van der Waals surface area contributed by atoms with Crippen molar-refractivity contribution in [3.8, 4) is 0 Å². The Morgan fingerprint density at radius 1 is 0.714 bits per heavy atom. The molecule has 0 aliphatic heterocycles. The fourth-order valence-corrected chi connectivity index (χ4v) is 0. The van der Waals surface area contributed by atoms with Gasteiger partial charge < -0.3 is 0 Å². The second-order valence-electron chi connectivity index (χ2n) is 0.521. The van der Waals surface area contributed by atoms with E-state index in [1.165, 1.54) is 0 Å². The van der Waals surface area contributed by atoms with Crippen molar-refractivity contribution in [3.05, 3.63) is 8.98 Å². The van der Waals surface area contributed by atoms with E-state index in [1.54, 1.807) is 0 Å². The van der Waals surface area contributed by atoms with E-state index in [0.717, 1.165) is 0 Å². The fraction of sp³-hybridized carbons (Fsp3) is 0. The molecule has 0 bridgehead atoms. The molecule has 7 heavy (non-hydrogen) atoms. The van der Waals surface area contributed by atoms with Gasteiger partial charge in [0.1, 0.15) is 8.98 Å². The summed E-state index contributed by atoms with van der Waals surface area (Å²) in [5.74, 6) is 0. The zero-order chi connectivity index (χ0) is 5.15. The summed E-state index contributed by atoms with van der Waals surface area (Å²) < 4.78 is -0.198. The summed E-state index contributed by atoms with van der Waals surface area (Å²) in [5.41, 5.74) is 0. The van der Waals surface area contributed by atoms with E-state index < -0.39 is 0 Å². The van der Waals surface area contributed by atoms with Crippen LogP contribution in [-0.4, -0.2) is 27.3 Å². The van der Waals surface area contributed by atoms with Gasteiger partial charge in [0.25, 0.3) is 0 Å². The van der Waals surface area contributed by atoms with Gasteiger partial charge >= 0.3 is 27.3 Å². The van der Waals surface area contributed by atoms with E-state index in [4.69, 9.17) is 46.4 Å². The molecule has 0 fully saturated rings. The van der Waals surface area contributed by atoms with Gasteiger partial charge in [0.2, 0.25) is 0 Å². The molecule has 5 heteroatoms. The average Bonchev–Trinajstić information content (AvgIpc) is 1.36. The number of hydrogen-bond acceptors (Lipinski definition) is 0. The zero-order valence-electron chi connectivity index (χ0n) is 3.22. The second kappa shape index (κ2) is 5.95. The summed E-state index contributed by atoms with van der Waals surface area (Å²) in [6, 6.07) is 0. The van der Waals surface area contributed by atoms with Crippen molar-refractivity contribution >= 4 is 73.7 Å². The Balaban J connectivity index is 0. The zero-order valence-corrected chi connectivity index (χ0v) is 11.7.